The van der Waals surface area contributed by atoms with E-state index in [0.29, 0.717) is 37.8 Å². The van der Waals surface area contributed by atoms with Crippen LogP contribution in [-0.2, 0) is 39.8 Å². The van der Waals surface area contributed by atoms with Crippen molar-refractivity contribution < 1.29 is 105 Å². The second kappa shape index (κ2) is 27.0. The Morgan fingerprint density at radius 1 is 0.878 bits per heavy atom. The van der Waals surface area contributed by atoms with Crippen LogP contribution in [0.1, 0.15) is 44.1 Å². The first-order valence-electron chi connectivity index (χ1n) is 14.6. The van der Waals surface area contributed by atoms with Crippen LogP contribution in [0.15, 0.2) is 35.3 Å². The Morgan fingerprint density at radius 3 is 2.00 bits per heavy atom. The first-order valence-corrected chi connectivity index (χ1v) is 16.1. The molecule has 4 amide bonds. The summed E-state index contributed by atoms with van der Waals surface area (Å²) in [6.07, 6.45) is 3.11. The van der Waals surface area contributed by atoms with Gasteiger partial charge in [-0.1, -0.05) is 49.2 Å². The predicted molar refractivity (Wildman–Crippen MR) is 172 cm³/mol. The zero-order valence-corrected chi connectivity index (χ0v) is 31.1. The normalized spacial score (nSPS) is 12.9. The summed E-state index contributed by atoms with van der Waals surface area (Å²) in [6.45, 7) is 0.0961. The second-order valence-corrected chi connectivity index (χ2v) is 11.2. The minimum Gasteiger partial charge on any atom is -0.540 e. The summed E-state index contributed by atoms with van der Waals surface area (Å²) >= 11 is 0. The number of aliphatic carboxylic acids is 1. The summed E-state index contributed by atoms with van der Waals surface area (Å²) in [5.41, 5.74) is 22.4. The number of rotatable bonds is 21. The molecule has 0 aliphatic carbocycles. The van der Waals surface area contributed by atoms with E-state index in [9.17, 15) is 33.9 Å². The fourth-order valence-corrected chi connectivity index (χ4v) is 3.84. The van der Waals surface area contributed by atoms with Crippen molar-refractivity contribution in [2.45, 2.75) is 69.1 Å². The van der Waals surface area contributed by atoms with E-state index in [1.807, 2.05) is 0 Å². The van der Waals surface area contributed by atoms with E-state index in [1.165, 1.54) is 0 Å². The fraction of sp³-hybridized carbons (Fsp3) is 0.519. The fourth-order valence-electron chi connectivity index (χ4n) is 3.84. The van der Waals surface area contributed by atoms with Gasteiger partial charge in [0.15, 0.2) is 5.96 Å². The van der Waals surface area contributed by atoms with Crippen LogP contribution >= 0.6 is 7.82 Å². The minimum atomic E-state index is -4.64. The molecule has 22 heteroatoms. The molecule has 0 aliphatic heterocycles. The molecule has 0 bridgehead atoms. The van der Waals surface area contributed by atoms with E-state index in [-0.39, 0.29) is 76.7 Å². The van der Waals surface area contributed by atoms with E-state index in [1.54, 1.807) is 36.6 Å². The third-order valence-electron chi connectivity index (χ3n) is 6.08. The summed E-state index contributed by atoms with van der Waals surface area (Å²) in [6, 6.07) is 3.98. The topological polar surface area (TPSA) is 365 Å². The van der Waals surface area contributed by atoms with E-state index >= 15 is 0 Å². The molecule has 4 atom stereocenters. The van der Waals surface area contributed by atoms with Gasteiger partial charge in [0, 0.05) is 13.0 Å². The van der Waals surface area contributed by atoms with Gasteiger partial charge >= 0.3 is 65.2 Å². The molecule has 0 spiro atoms. The zero-order valence-electron chi connectivity index (χ0n) is 27.1. The Balaban J connectivity index is 0. The van der Waals surface area contributed by atoms with E-state index < -0.39 is 74.6 Å². The summed E-state index contributed by atoms with van der Waals surface area (Å²) in [7, 11) is -4.64. The van der Waals surface area contributed by atoms with Crippen molar-refractivity contribution in [3.8, 4) is 0 Å². The largest absolute Gasteiger partial charge is 1.00 e. The maximum Gasteiger partial charge on any atom is 1.00 e. The molecule has 1 rings (SSSR count). The van der Waals surface area contributed by atoms with Crippen molar-refractivity contribution in [2.75, 3.05) is 19.6 Å². The molecule has 49 heavy (non-hydrogen) atoms. The van der Waals surface area contributed by atoms with Gasteiger partial charge in [-0.25, -0.2) is 10.9 Å². The van der Waals surface area contributed by atoms with Gasteiger partial charge in [-0.15, -0.1) is 0 Å². The number of aliphatic imine (C=N–C) groups is 1. The molecule has 1 aromatic rings. The number of hydrogen-bond acceptors (Lipinski definition) is 10. The number of guanidine groups is 1. The number of carbonyl (C=O) groups is 5. The third kappa shape index (κ3) is 26.7. The maximum atomic E-state index is 13.1. The number of benzene rings is 1. The van der Waals surface area contributed by atoms with Gasteiger partial charge in [-0.2, -0.15) is 0 Å². The van der Waals surface area contributed by atoms with Gasteiger partial charge in [-0.3, -0.25) is 29.0 Å². The Kier molecular flexibility index (Phi) is 26.6. The Hall–Kier alpha value is -2.82. The van der Waals surface area contributed by atoms with Crippen LogP contribution in [-0.4, -0.2) is 105 Å². The van der Waals surface area contributed by atoms with Crippen molar-refractivity contribution >= 4 is 49.7 Å². The van der Waals surface area contributed by atoms with Gasteiger partial charge in [0.25, 0.3) is 0 Å². The summed E-state index contributed by atoms with van der Waals surface area (Å²) in [4.78, 5) is 99.2. The number of carbonyl (C=O) groups excluding carboxylic acids is 5. The monoisotopic (exact) mass is 741 g/mol. The van der Waals surface area contributed by atoms with Crippen molar-refractivity contribution in [3.63, 3.8) is 0 Å². The summed E-state index contributed by atoms with van der Waals surface area (Å²) in [5, 5.41) is 18.9. The Bertz CT molecular complexity index is 1260. The van der Waals surface area contributed by atoms with Crippen LogP contribution in [0.3, 0.4) is 0 Å². The Labute approximate surface area is 325 Å². The van der Waals surface area contributed by atoms with E-state index in [4.69, 9.17) is 42.2 Å². The molecular formula is C27H45KN9O11P. The van der Waals surface area contributed by atoms with E-state index in [0.717, 1.165) is 0 Å². The number of nitrogens with two attached hydrogens (primary N) is 4. The molecule has 0 aromatic heterocycles. The number of carboxylic acids is 1. The number of hydrogen-bond donors (Lipinski definition) is 12. The predicted octanol–water partition coefficient (Wildman–Crippen LogP) is -7.03. The van der Waals surface area contributed by atoms with Crippen molar-refractivity contribution in [1.29, 1.82) is 0 Å². The molecule has 0 saturated carbocycles. The van der Waals surface area contributed by atoms with Gasteiger partial charge in [0.1, 0.15) is 12.1 Å². The van der Waals surface area contributed by atoms with Crippen LogP contribution in [0.2, 0.25) is 0 Å². The number of nitrogens with zero attached hydrogens (tertiary/aromatic N) is 1. The molecule has 0 aliphatic rings. The van der Waals surface area contributed by atoms with Gasteiger partial charge < -0.3 is 68.8 Å². The molecule has 0 fully saturated rings. The molecule has 4 unspecified atom stereocenters. The van der Waals surface area contributed by atoms with Crippen molar-refractivity contribution in [3.05, 3.63) is 35.9 Å². The first-order chi connectivity index (χ1) is 22.5. The van der Waals surface area contributed by atoms with Crippen LogP contribution in [0, 0.1) is 0 Å². The van der Waals surface area contributed by atoms with Crippen LogP contribution in [0.4, 0.5) is 0 Å². The molecule has 20 nitrogen and oxygen atoms in total. The van der Waals surface area contributed by atoms with Crippen LogP contribution < -0.4 is 95.6 Å². The number of carboxylic acid groups (broad SMARTS) is 1. The van der Waals surface area contributed by atoms with Crippen LogP contribution in [0.5, 0.6) is 0 Å². The summed E-state index contributed by atoms with van der Waals surface area (Å²) < 4.78 is 8.88. The molecule has 0 saturated heterocycles. The smallest absolute Gasteiger partial charge is 0.540 e. The average molecular weight is 742 g/mol. The second-order valence-electron chi connectivity index (χ2n) is 10.2. The minimum absolute atomic E-state index is 0. The number of phosphoric acid groups is 1. The quantitative estimate of drug-likeness (QED) is 0.0139. The van der Waals surface area contributed by atoms with Crippen LogP contribution in [0.25, 0.3) is 0 Å². The van der Waals surface area contributed by atoms with Crippen molar-refractivity contribution in [1.82, 2.24) is 21.3 Å². The molecule has 0 heterocycles. The van der Waals surface area contributed by atoms with Gasteiger partial charge in [0.05, 0.1) is 19.0 Å². The first kappa shape index (κ1) is 48.3. The number of amides is 4. The number of nitrogens with one attached hydrogen (secondary N) is 4. The van der Waals surface area contributed by atoms with Gasteiger partial charge in [0.2, 0.25) is 23.6 Å². The average Bonchev–Trinajstić information content (AvgIpc) is 3.00. The van der Waals surface area contributed by atoms with Crippen molar-refractivity contribution in [2.24, 2.45) is 27.9 Å². The molecular weight excluding hydrogens is 696 g/mol. The third-order valence-corrected chi connectivity index (χ3v) is 6.08. The molecule has 270 valence electrons. The standard InChI is InChI=1S/C27H42N9O7.K.H3O4P/c28-11-5-4-9-18(16-37)34-25(42)20(13-17-7-2-1-3-8-17)36-26(43)21(14-23(39)40)35-22(38)15-33-24(41)19(29)10-6-12-32-27(30)31;;1-5(2,3)4/h1-3,7-8,18-21H,4-6,9-15,28-29H2,(H,33,41)(H,34,42)(H,35,38)(H,36,43)(H,39,40)(H4,30,31,32);;(H3,1,2,3,4)/q-1;+1;. The molecule has 16 N–H and O–H groups in total. The van der Waals surface area contributed by atoms with E-state index in [2.05, 4.69) is 26.3 Å². The molecule has 1 aromatic carbocycles. The maximum absolute atomic E-state index is 13.1. The zero-order chi connectivity index (χ0) is 36.7. The molecule has 0 radical (unpaired) electrons. The SMILES string of the molecule is NCCCCC([C-]=O)NC(=O)C(Cc1ccccc1)NC(=O)C(CC(=O)O)NC(=O)CNC(=O)C(N)CCCN=C(N)N.O=P(O)(O)O.[K+]. The number of unbranched alkanes of at least 4 members (excludes halogenated alkanes) is 1. The summed E-state index contributed by atoms with van der Waals surface area (Å²) in [5.74, 6) is -4.65. The Morgan fingerprint density at radius 2 is 1.47 bits per heavy atom. The van der Waals surface area contributed by atoms with Gasteiger partial charge in [-0.05, 0) is 31.4 Å².